The van der Waals surface area contributed by atoms with Gasteiger partial charge in [-0.2, -0.15) is 0 Å². The number of benzene rings is 2. The van der Waals surface area contributed by atoms with Gasteiger partial charge in [0, 0.05) is 17.1 Å². The van der Waals surface area contributed by atoms with Gasteiger partial charge in [0.15, 0.2) is 8.24 Å². The predicted molar refractivity (Wildman–Crippen MR) is 115 cm³/mol. The van der Waals surface area contributed by atoms with E-state index in [-0.39, 0.29) is 16.8 Å². The van der Waals surface area contributed by atoms with Crippen molar-refractivity contribution in [3.63, 3.8) is 0 Å². The second-order valence-electron chi connectivity index (χ2n) is 8.79. The first-order valence-corrected chi connectivity index (χ1v) is 12.5. The molecule has 1 unspecified atom stereocenters. The molecule has 28 heavy (non-hydrogen) atoms. The maximum absolute atomic E-state index is 13.9. The highest BCUT2D eigenvalue weighted by Crippen LogP contribution is 2.41. The van der Waals surface area contributed by atoms with E-state index >= 15 is 0 Å². The van der Waals surface area contributed by atoms with Crippen molar-refractivity contribution in [2.75, 3.05) is 7.11 Å². The summed E-state index contributed by atoms with van der Waals surface area (Å²) in [6.45, 7) is 11.4. The highest BCUT2D eigenvalue weighted by atomic mass is 28.3. The number of hydrogen-bond donors (Lipinski definition) is 0. The van der Waals surface area contributed by atoms with Crippen LogP contribution in [0.4, 0.5) is 4.39 Å². The van der Waals surface area contributed by atoms with Crippen molar-refractivity contribution in [1.82, 2.24) is 4.23 Å². The van der Waals surface area contributed by atoms with Gasteiger partial charge >= 0.3 is 5.97 Å². The molecule has 2 aromatic carbocycles. The number of halogens is 1. The first-order valence-electron chi connectivity index (χ1n) is 9.51. The van der Waals surface area contributed by atoms with Crippen LogP contribution in [0, 0.1) is 5.82 Å². The third-order valence-electron chi connectivity index (χ3n) is 6.11. The molecule has 0 saturated carbocycles. The van der Waals surface area contributed by atoms with E-state index in [9.17, 15) is 9.18 Å². The van der Waals surface area contributed by atoms with Crippen molar-refractivity contribution in [3.8, 4) is 0 Å². The first-order chi connectivity index (χ1) is 13.1. The molecule has 0 aliphatic carbocycles. The van der Waals surface area contributed by atoms with E-state index in [1.54, 1.807) is 12.1 Å². The topological polar surface area (TPSA) is 31.2 Å². The van der Waals surface area contributed by atoms with E-state index in [1.807, 2.05) is 18.2 Å². The summed E-state index contributed by atoms with van der Waals surface area (Å²) in [4.78, 5) is 12.8. The average Bonchev–Trinajstić information content (AvgIpc) is 3.01. The van der Waals surface area contributed by atoms with Gasteiger partial charge in [-0.1, -0.05) is 64.2 Å². The standard InChI is InChI=1S/C23H28FNO2Si/c1-23(2,3)28(5,6)25-15-19(18-12-7-8-13-20(18)25)21(22(26)27-4)16-10-9-11-17(24)14-16/h7-15,21H,1-6H3. The summed E-state index contributed by atoms with van der Waals surface area (Å²) in [6.07, 6.45) is 2.09. The average molecular weight is 398 g/mol. The zero-order valence-corrected chi connectivity index (χ0v) is 18.4. The molecule has 1 heterocycles. The lowest BCUT2D eigenvalue weighted by Crippen LogP contribution is -2.44. The van der Waals surface area contributed by atoms with Gasteiger partial charge in [0.05, 0.1) is 7.11 Å². The number of carbonyl (C=O) groups excluding carboxylic acids is 1. The van der Waals surface area contributed by atoms with Gasteiger partial charge in [-0.15, -0.1) is 0 Å². The Morgan fingerprint density at radius 2 is 1.79 bits per heavy atom. The Morgan fingerprint density at radius 3 is 2.39 bits per heavy atom. The van der Waals surface area contributed by atoms with Crippen LogP contribution in [0.15, 0.2) is 54.7 Å². The molecule has 3 rings (SSSR count). The number of nitrogens with zero attached hydrogens (tertiary/aromatic N) is 1. The minimum absolute atomic E-state index is 0.117. The summed E-state index contributed by atoms with van der Waals surface area (Å²) in [5.41, 5.74) is 2.57. The number of rotatable bonds is 4. The Balaban J connectivity index is 2.31. The lowest BCUT2D eigenvalue weighted by molar-refractivity contribution is -0.141. The second kappa shape index (κ2) is 7.21. The minimum atomic E-state index is -1.94. The summed E-state index contributed by atoms with van der Waals surface area (Å²) in [7, 11) is -0.560. The molecule has 1 atom stereocenters. The first kappa shape index (κ1) is 20.3. The van der Waals surface area contributed by atoms with Gasteiger partial charge in [-0.3, -0.25) is 4.79 Å². The molecule has 3 nitrogen and oxygen atoms in total. The molecule has 3 aromatic rings. The summed E-state index contributed by atoms with van der Waals surface area (Å²) in [5, 5.41) is 1.12. The van der Waals surface area contributed by atoms with Crippen LogP contribution >= 0.6 is 0 Å². The fourth-order valence-electron chi connectivity index (χ4n) is 3.51. The van der Waals surface area contributed by atoms with Crippen LogP contribution in [0.1, 0.15) is 37.8 Å². The van der Waals surface area contributed by atoms with Crippen LogP contribution in [-0.2, 0) is 9.53 Å². The summed E-state index contributed by atoms with van der Waals surface area (Å²) in [5.74, 6) is -1.42. The number of hydrogen-bond acceptors (Lipinski definition) is 2. The van der Waals surface area contributed by atoms with Crippen molar-refractivity contribution < 1.29 is 13.9 Å². The van der Waals surface area contributed by atoms with Gasteiger partial charge in [0.25, 0.3) is 0 Å². The van der Waals surface area contributed by atoms with Gasteiger partial charge < -0.3 is 8.97 Å². The molecule has 1 aromatic heterocycles. The number of methoxy groups -OCH3 is 1. The Bertz CT molecular complexity index is 1020. The molecule has 0 amide bonds. The number of esters is 1. The molecule has 148 valence electrons. The normalized spacial score (nSPS) is 13.5. The van der Waals surface area contributed by atoms with Crippen LogP contribution in [-0.4, -0.2) is 25.5 Å². The van der Waals surface area contributed by atoms with E-state index in [2.05, 4.69) is 50.4 Å². The number of aromatic nitrogens is 1. The van der Waals surface area contributed by atoms with Crippen LogP contribution in [0.5, 0.6) is 0 Å². The largest absolute Gasteiger partial charge is 0.468 e. The van der Waals surface area contributed by atoms with Gasteiger partial charge in [0.1, 0.15) is 11.7 Å². The van der Waals surface area contributed by atoms with Gasteiger partial charge in [-0.05, 0) is 34.4 Å². The van der Waals surface area contributed by atoms with E-state index in [4.69, 9.17) is 4.74 Å². The maximum Gasteiger partial charge on any atom is 0.317 e. The Kier molecular flexibility index (Phi) is 5.23. The van der Waals surface area contributed by atoms with E-state index in [0.717, 1.165) is 16.5 Å². The smallest absolute Gasteiger partial charge is 0.317 e. The summed E-state index contributed by atoms with van der Waals surface area (Å²) >= 11 is 0. The third-order valence-corrected chi connectivity index (χ3v) is 11.4. The quantitative estimate of drug-likeness (QED) is 0.403. The minimum Gasteiger partial charge on any atom is -0.468 e. The number of para-hydroxylation sites is 1. The predicted octanol–water partition coefficient (Wildman–Crippen LogP) is 5.94. The zero-order valence-electron chi connectivity index (χ0n) is 17.4. The van der Waals surface area contributed by atoms with Crippen molar-refractivity contribution in [2.45, 2.75) is 44.8 Å². The van der Waals surface area contributed by atoms with Crippen LogP contribution in [0.2, 0.25) is 18.1 Å². The van der Waals surface area contributed by atoms with E-state index in [0.29, 0.717) is 5.56 Å². The molecule has 0 spiro atoms. The van der Waals surface area contributed by atoms with Crippen molar-refractivity contribution >= 4 is 25.1 Å². The Morgan fingerprint density at radius 1 is 1.11 bits per heavy atom. The molecule has 0 aliphatic rings. The SMILES string of the molecule is COC(=O)C(c1cccc(F)c1)c1cn([Si](C)(C)C(C)(C)C)c2ccccc12. The third kappa shape index (κ3) is 3.39. The Labute approximate surface area is 167 Å². The molecule has 0 saturated heterocycles. The summed E-state index contributed by atoms with van der Waals surface area (Å²) < 4.78 is 21.4. The second-order valence-corrected chi connectivity index (χ2v) is 13.9. The monoisotopic (exact) mass is 397 g/mol. The molecular formula is C23H28FNO2Si. The lowest BCUT2D eigenvalue weighted by atomic mass is 9.91. The highest BCUT2D eigenvalue weighted by molar-refractivity contribution is 6.79. The molecule has 0 N–H and O–H groups in total. The molecule has 5 heteroatoms. The van der Waals surface area contributed by atoms with Crippen molar-refractivity contribution in [3.05, 3.63) is 71.7 Å². The fraction of sp³-hybridized carbons (Fsp3) is 0.348. The van der Waals surface area contributed by atoms with E-state index < -0.39 is 14.2 Å². The zero-order chi connectivity index (χ0) is 20.7. The molecule has 0 fully saturated rings. The van der Waals surface area contributed by atoms with Crippen molar-refractivity contribution in [1.29, 1.82) is 0 Å². The fourth-order valence-corrected chi connectivity index (χ4v) is 5.49. The highest BCUT2D eigenvalue weighted by Gasteiger charge is 2.39. The summed E-state index contributed by atoms with van der Waals surface area (Å²) in [6, 6.07) is 14.3. The number of fused-ring (bicyclic) bond motifs is 1. The molecular weight excluding hydrogens is 369 g/mol. The molecule has 0 bridgehead atoms. The van der Waals surface area contributed by atoms with E-state index in [1.165, 1.54) is 19.2 Å². The molecule has 0 aliphatic heterocycles. The lowest BCUT2D eigenvalue weighted by Gasteiger charge is -2.38. The van der Waals surface area contributed by atoms with Gasteiger partial charge in [0.2, 0.25) is 0 Å². The number of carbonyl (C=O) groups is 1. The van der Waals surface area contributed by atoms with Crippen molar-refractivity contribution in [2.24, 2.45) is 0 Å². The van der Waals surface area contributed by atoms with Crippen LogP contribution in [0.25, 0.3) is 10.9 Å². The van der Waals surface area contributed by atoms with Gasteiger partial charge in [-0.25, -0.2) is 4.39 Å². The Hall–Kier alpha value is -2.40. The maximum atomic E-state index is 13.9. The molecule has 0 radical (unpaired) electrons. The van der Waals surface area contributed by atoms with Crippen LogP contribution < -0.4 is 0 Å². The number of ether oxygens (including phenoxy) is 1. The van der Waals surface area contributed by atoms with Crippen LogP contribution in [0.3, 0.4) is 0 Å².